The fourth-order valence-corrected chi connectivity index (χ4v) is 1.05. The highest BCUT2D eigenvalue weighted by atomic mass is 16.7. The van der Waals surface area contributed by atoms with E-state index in [1.165, 1.54) is 24.3 Å². The molecule has 20 heavy (non-hydrogen) atoms. The first kappa shape index (κ1) is 14.9. The predicted octanol–water partition coefficient (Wildman–Crippen LogP) is 1.98. The number of terminal acetylenes is 2. The zero-order valence-electron chi connectivity index (χ0n) is 10.3. The fourth-order valence-electron chi connectivity index (χ4n) is 1.05. The van der Waals surface area contributed by atoms with Gasteiger partial charge in [0.05, 0.1) is 0 Å². The summed E-state index contributed by atoms with van der Waals surface area (Å²) in [4.78, 5) is 22.3. The van der Waals surface area contributed by atoms with E-state index in [1.807, 2.05) is 0 Å². The van der Waals surface area contributed by atoms with Crippen LogP contribution in [0.2, 0.25) is 0 Å². The van der Waals surface area contributed by atoms with Gasteiger partial charge in [-0.05, 0) is 12.1 Å². The van der Waals surface area contributed by atoms with Crippen LogP contribution in [0.3, 0.4) is 0 Å². The van der Waals surface area contributed by atoms with E-state index in [1.54, 1.807) is 0 Å². The van der Waals surface area contributed by atoms with Gasteiger partial charge in [-0.1, -0.05) is 17.9 Å². The van der Waals surface area contributed by atoms with Crippen LogP contribution in [0.5, 0.6) is 11.5 Å². The van der Waals surface area contributed by atoms with Gasteiger partial charge < -0.3 is 18.9 Å². The topological polar surface area (TPSA) is 71.1 Å². The average molecular weight is 274 g/mol. The largest absolute Gasteiger partial charge is 0.514 e. The van der Waals surface area contributed by atoms with Crippen molar-refractivity contribution >= 4 is 12.3 Å². The molecule has 0 unspecified atom stereocenters. The highest BCUT2D eigenvalue weighted by Crippen LogP contribution is 2.20. The molecule has 0 aliphatic heterocycles. The van der Waals surface area contributed by atoms with E-state index in [0.717, 1.165) is 0 Å². The molecule has 6 nitrogen and oxygen atoms in total. The molecular formula is C14H10O6. The van der Waals surface area contributed by atoms with Gasteiger partial charge in [0.15, 0.2) is 13.2 Å². The van der Waals surface area contributed by atoms with Gasteiger partial charge in [0.1, 0.15) is 11.5 Å². The number of rotatable bonds is 4. The molecule has 0 aliphatic carbocycles. The Morgan fingerprint density at radius 2 is 1.40 bits per heavy atom. The van der Waals surface area contributed by atoms with Gasteiger partial charge in [-0.2, -0.15) is 0 Å². The van der Waals surface area contributed by atoms with Crippen LogP contribution >= 0.6 is 0 Å². The maximum absolute atomic E-state index is 11.2. The second-order valence-electron chi connectivity index (χ2n) is 3.16. The molecule has 1 aromatic rings. The Bertz CT molecular complexity index is 517. The van der Waals surface area contributed by atoms with Crippen LogP contribution in [0.1, 0.15) is 0 Å². The van der Waals surface area contributed by atoms with Gasteiger partial charge >= 0.3 is 12.3 Å². The van der Waals surface area contributed by atoms with Crippen molar-refractivity contribution in [1.29, 1.82) is 0 Å². The molecule has 0 spiro atoms. The van der Waals surface area contributed by atoms with Crippen LogP contribution < -0.4 is 9.47 Å². The molecule has 0 heterocycles. The van der Waals surface area contributed by atoms with E-state index >= 15 is 0 Å². The summed E-state index contributed by atoms with van der Waals surface area (Å²) in [5.41, 5.74) is 0. The number of carbonyl (C=O) groups excluding carboxylic acids is 2. The average Bonchev–Trinajstić information content (AvgIpc) is 2.43. The van der Waals surface area contributed by atoms with Crippen molar-refractivity contribution in [1.82, 2.24) is 0 Å². The molecule has 0 radical (unpaired) electrons. The van der Waals surface area contributed by atoms with Crippen molar-refractivity contribution in [2.75, 3.05) is 13.2 Å². The Balaban J connectivity index is 2.58. The van der Waals surface area contributed by atoms with E-state index in [2.05, 4.69) is 21.3 Å². The lowest BCUT2D eigenvalue weighted by atomic mass is 10.3. The molecule has 1 rings (SSSR count). The quantitative estimate of drug-likeness (QED) is 0.475. The van der Waals surface area contributed by atoms with Crippen molar-refractivity contribution in [3.8, 4) is 36.2 Å². The third kappa shape index (κ3) is 5.48. The van der Waals surface area contributed by atoms with Gasteiger partial charge in [0.25, 0.3) is 0 Å². The number of benzene rings is 1. The van der Waals surface area contributed by atoms with E-state index in [0.29, 0.717) is 0 Å². The molecule has 0 bridgehead atoms. The summed E-state index contributed by atoms with van der Waals surface area (Å²) >= 11 is 0. The summed E-state index contributed by atoms with van der Waals surface area (Å²) in [6, 6.07) is 5.75. The summed E-state index contributed by atoms with van der Waals surface area (Å²) in [6.07, 6.45) is 7.92. The zero-order valence-corrected chi connectivity index (χ0v) is 10.3. The molecule has 0 amide bonds. The van der Waals surface area contributed by atoms with Crippen molar-refractivity contribution in [2.45, 2.75) is 0 Å². The zero-order chi connectivity index (χ0) is 14.8. The lowest BCUT2D eigenvalue weighted by Crippen LogP contribution is -2.12. The van der Waals surface area contributed by atoms with Crippen LogP contribution in [0.15, 0.2) is 24.3 Å². The van der Waals surface area contributed by atoms with Crippen molar-refractivity contribution in [3.63, 3.8) is 0 Å². The molecule has 0 saturated heterocycles. The normalized spacial score (nSPS) is 8.70. The number of carbonyl (C=O) groups is 2. The predicted molar refractivity (Wildman–Crippen MR) is 68.1 cm³/mol. The smallest absolute Gasteiger partial charge is 0.421 e. The number of hydrogen-bond acceptors (Lipinski definition) is 6. The minimum Gasteiger partial charge on any atom is -0.421 e. The second-order valence-corrected chi connectivity index (χ2v) is 3.16. The highest BCUT2D eigenvalue weighted by molar-refractivity contribution is 5.66. The Morgan fingerprint density at radius 1 is 0.950 bits per heavy atom. The fraction of sp³-hybridized carbons (Fsp3) is 0.143. The van der Waals surface area contributed by atoms with Gasteiger partial charge in [-0.15, -0.1) is 12.8 Å². The Morgan fingerprint density at radius 3 is 1.80 bits per heavy atom. The summed E-state index contributed by atoms with van der Waals surface area (Å²) in [5.74, 6) is 4.47. The third-order valence-corrected chi connectivity index (χ3v) is 1.75. The Kier molecular flexibility index (Phi) is 6.02. The van der Waals surface area contributed by atoms with Gasteiger partial charge in [-0.25, -0.2) is 9.59 Å². The molecule has 0 atom stereocenters. The molecular weight excluding hydrogens is 264 g/mol. The lowest BCUT2D eigenvalue weighted by molar-refractivity contribution is 0.110. The van der Waals surface area contributed by atoms with E-state index in [4.69, 9.17) is 22.3 Å². The summed E-state index contributed by atoms with van der Waals surface area (Å²) < 4.78 is 18.6. The molecule has 0 fully saturated rings. The van der Waals surface area contributed by atoms with Crippen LogP contribution in [0.25, 0.3) is 0 Å². The van der Waals surface area contributed by atoms with Gasteiger partial charge in [0, 0.05) is 6.07 Å². The van der Waals surface area contributed by atoms with E-state index in [9.17, 15) is 9.59 Å². The standard InChI is InChI=1S/C14H10O6/c1-3-8-17-13(15)19-11-6-5-7-12(10-11)20-14(16)18-9-4-2/h1-2,5-7,10H,8-9H2. The molecule has 0 saturated carbocycles. The number of hydrogen-bond donors (Lipinski definition) is 0. The van der Waals surface area contributed by atoms with Crippen LogP contribution in [0, 0.1) is 24.7 Å². The van der Waals surface area contributed by atoms with Crippen molar-refractivity contribution in [3.05, 3.63) is 24.3 Å². The number of ether oxygens (including phenoxy) is 4. The SMILES string of the molecule is C#CCOC(=O)Oc1cccc(OC(=O)OCC#C)c1. The van der Waals surface area contributed by atoms with E-state index < -0.39 is 12.3 Å². The Labute approximate surface area is 115 Å². The summed E-state index contributed by atoms with van der Waals surface area (Å²) in [7, 11) is 0. The lowest BCUT2D eigenvalue weighted by Gasteiger charge is -2.06. The molecule has 0 N–H and O–H groups in total. The van der Waals surface area contributed by atoms with Gasteiger partial charge in [0.2, 0.25) is 0 Å². The van der Waals surface area contributed by atoms with Crippen LogP contribution in [0.4, 0.5) is 9.59 Å². The third-order valence-electron chi connectivity index (χ3n) is 1.75. The van der Waals surface area contributed by atoms with Crippen LogP contribution in [-0.4, -0.2) is 25.5 Å². The second kappa shape index (κ2) is 8.06. The molecule has 6 heteroatoms. The van der Waals surface area contributed by atoms with Crippen LogP contribution in [-0.2, 0) is 9.47 Å². The first-order valence-corrected chi connectivity index (χ1v) is 5.32. The van der Waals surface area contributed by atoms with Crippen molar-refractivity contribution < 1.29 is 28.5 Å². The molecule has 1 aromatic carbocycles. The monoisotopic (exact) mass is 274 g/mol. The van der Waals surface area contributed by atoms with Gasteiger partial charge in [-0.3, -0.25) is 0 Å². The maximum atomic E-state index is 11.2. The molecule has 0 aliphatic rings. The summed E-state index contributed by atoms with van der Waals surface area (Å²) in [6.45, 7) is -0.402. The highest BCUT2D eigenvalue weighted by Gasteiger charge is 2.09. The minimum absolute atomic E-state index is 0.120. The van der Waals surface area contributed by atoms with Crippen molar-refractivity contribution in [2.24, 2.45) is 0 Å². The maximum Gasteiger partial charge on any atom is 0.514 e. The summed E-state index contributed by atoms with van der Waals surface area (Å²) in [5, 5.41) is 0. The molecule has 0 aromatic heterocycles. The minimum atomic E-state index is -0.963. The Hall–Kier alpha value is -3.12. The molecule has 102 valence electrons. The van der Waals surface area contributed by atoms with E-state index in [-0.39, 0.29) is 24.7 Å². The first-order chi connectivity index (χ1) is 9.65. The first-order valence-electron chi connectivity index (χ1n) is 5.32.